The maximum Gasteiger partial charge on any atom is 0.182 e. The van der Waals surface area contributed by atoms with Gasteiger partial charge in [-0.2, -0.15) is 4.80 Å². The van der Waals surface area contributed by atoms with Gasteiger partial charge in [0.25, 0.3) is 0 Å². The van der Waals surface area contributed by atoms with Crippen molar-refractivity contribution < 1.29 is 4.79 Å². The smallest absolute Gasteiger partial charge is 0.182 e. The van der Waals surface area contributed by atoms with E-state index in [0.29, 0.717) is 16.8 Å². The van der Waals surface area contributed by atoms with E-state index in [4.69, 9.17) is 0 Å². The second-order valence-corrected chi connectivity index (χ2v) is 2.84. The molecule has 1 heterocycles. The largest absolute Gasteiger partial charge is 0.293 e. The zero-order valence-electron chi connectivity index (χ0n) is 6.33. The second-order valence-electron chi connectivity index (χ2n) is 2.08. The molecule has 0 atom stereocenters. The van der Waals surface area contributed by atoms with E-state index in [1.54, 1.807) is 0 Å². The molecule has 1 rings (SSSR count). The van der Waals surface area contributed by atoms with E-state index in [-0.39, 0.29) is 5.78 Å². The highest BCUT2D eigenvalue weighted by atomic mass is 79.9. The fourth-order valence-corrected chi connectivity index (χ4v) is 1.23. The summed E-state index contributed by atoms with van der Waals surface area (Å²) in [5.74, 6) is -0.0726. The summed E-state index contributed by atoms with van der Waals surface area (Å²) < 4.78 is 0.520. The normalized spacial score (nSPS) is 10.1. The van der Waals surface area contributed by atoms with Crippen LogP contribution in [-0.2, 0) is 6.54 Å². The summed E-state index contributed by atoms with van der Waals surface area (Å²) in [5.41, 5.74) is 0.395. The van der Waals surface area contributed by atoms with Crippen molar-refractivity contribution in [1.82, 2.24) is 15.0 Å². The summed E-state index contributed by atoms with van der Waals surface area (Å²) >= 11 is 3.14. The van der Waals surface area contributed by atoms with Gasteiger partial charge >= 0.3 is 0 Å². The van der Waals surface area contributed by atoms with Gasteiger partial charge in [0, 0.05) is 6.92 Å². The number of aryl methyl sites for hydroxylation is 1. The summed E-state index contributed by atoms with van der Waals surface area (Å²) in [5, 5.41) is 7.89. The molecule has 11 heavy (non-hydrogen) atoms. The number of carbonyl (C=O) groups excluding carboxylic acids is 1. The molecular weight excluding hydrogens is 210 g/mol. The Labute approximate surface area is 72.7 Å². The Hall–Kier alpha value is -0.710. The third kappa shape index (κ3) is 1.65. The molecule has 5 heteroatoms. The highest BCUT2D eigenvalue weighted by molar-refractivity contribution is 9.10. The fraction of sp³-hybridized carbons (Fsp3) is 0.500. The molecule has 0 saturated heterocycles. The van der Waals surface area contributed by atoms with E-state index >= 15 is 0 Å². The molecular formula is C6H8BrN3O. The molecule has 0 aliphatic rings. The van der Waals surface area contributed by atoms with Crippen LogP contribution in [0.4, 0.5) is 0 Å². The van der Waals surface area contributed by atoms with Crippen LogP contribution >= 0.6 is 15.9 Å². The molecule has 4 nitrogen and oxygen atoms in total. The number of ketones is 1. The van der Waals surface area contributed by atoms with Crippen molar-refractivity contribution in [2.24, 2.45) is 0 Å². The van der Waals surface area contributed by atoms with Gasteiger partial charge in [-0.1, -0.05) is 0 Å². The maximum atomic E-state index is 10.8. The van der Waals surface area contributed by atoms with Gasteiger partial charge in [-0.05, 0) is 22.9 Å². The molecule has 0 aliphatic carbocycles. The van der Waals surface area contributed by atoms with E-state index in [1.165, 1.54) is 11.7 Å². The minimum absolute atomic E-state index is 0.0726. The zero-order chi connectivity index (χ0) is 8.43. The Kier molecular flexibility index (Phi) is 2.38. The van der Waals surface area contributed by atoms with Crippen molar-refractivity contribution in [2.45, 2.75) is 20.4 Å². The quantitative estimate of drug-likeness (QED) is 0.702. The lowest BCUT2D eigenvalue weighted by Crippen LogP contribution is -2.00. The van der Waals surface area contributed by atoms with Gasteiger partial charge in [-0.15, -0.1) is 10.2 Å². The third-order valence-corrected chi connectivity index (χ3v) is 1.76. The van der Waals surface area contributed by atoms with Crippen molar-refractivity contribution in [3.8, 4) is 0 Å². The van der Waals surface area contributed by atoms with E-state index in [2.05, 4.69) is 26.1 Å². The van der Waals surface area contributed by atoms with Gasteiger partial charge < -0.3 is 0 Å². The fourth-order valence-electron chi connectivity index (χ4n) is 0.685. The Balaban J connectivity index is 3.07. The lowest BCUT2D eigenvalue weighted by molar-refractivity contribution is 0.101. The monoisotopic (exact) mass is 217 g/mol. The second kappa shape index (κ2) is 3.13. The molecule has 0 amide bonds. The molecule has 0 aromatic carbocycles. The first-order valence-electron chi connectivity index (χ1n) is 3.26. The molecule has 0 radical (unpaired) electrons. The Bertz CT molecular complexity index is 281. The predicted octanol–water partition coefficient (Wildman–Crippen LogP) is 1.26. The molecule has 0 spiro atoms. The molecule has 1 aromatic heterocycles. The van der Waals surface area contributed by atoms with Gasteiger partial charge in [-0.25, -0.2) is 0 Å². The summed E-state index contributed by atoms with van der Waals surface area (Å²) in [6.45, 7) is 4.05. The summed E-state index contributed by atoms with van der Waals surface area (Å²) in [6.07, 6.45) is 0. The summed E-state index contributed by atoms with van der Waals surface area (Å²) in [4.78, 5) is 12.3. The average Bonchev–Trinajstić information content (AvgIpc) is 2.30. The molecule has 0 unspecified atom stereocenters. The molecule has 0 aliphatic heterocycles. The van der Waals surface area contributed by atoms with Gasteiger partial charge in [0.2, 0.25) is 0 Å². The van der Waals surface area contributed by atoms with Crippen LogP contribution < -0.4 is 0 Å². The topological polar surface area (TPSA) is 47.8 Å². The molecule has 0 saturated carbocycles. The van der Waals surface area contributed by atoms with Crippen molar-refractivity contribution >= 4 is 21.7 Å². The Morgan fingerprint density at radius 2 is 2.27 bits per heavy atom. The Morgan fingerprint density at radius 3 is 2.55 bits per heavy atom. The van der Waals surface area contributed by atoms with Crippen molar-refractivity contribution in [3.05, 3.63) is 10.3 Å². The molecule has 60 valence electrons. The van der Waals surface area contributed by atoms with Crippen LogP contribution in [0.1, 0.15) is 24.3 Å². The van der Waals surface area contributed by atoms with Crippen LogP contribution in [0.25, 0.3) is 0 Å². The SMILES string of the molecule is CCn1nc(Br)c(C(C)=O)n1. The van der Waals surface area contributed by atoms with Crippen LogP contribution in [-0.4, -0.2) is 20.8 Å². The number of rotatable bonds is 2. The van der Waals surface area contributed by atoms with E-state index in [1.807, 2.05) is 6.92 Å². The number of carbonyl (C=O) groups is 1. The lowest BCUT2D eigenvalue weighted by atomic mass is 10.3. The summed E-state index contributed by atoms with van der Waals surface area (Å²) in [7, 11) is 0. The average molecular weight is 218 g/mol. The van der Waals surface area contributed by atoms with Gasteiger partial charge in [0.15, 0.2) is 16.1 Å². The predicted molar refractivity (Wildman–Crippen MR) is 43.4 cm³/mol. The molecule has 0 N–H and O–H groups in total. The first-order chi connectivity index (χ1) is 5.15. The van der Waals surface area contributed by atoms with Crippen LogP contribution in [0.2, 0.25) is 0 Å². The number of nitrogens with zero attached hydrogens (tertiary/aromatic N) is 3. The van der Waals surface area contributed by atoms with Gasteiger partial charge in [0.1, 0.15) is 0 Å². The number of aromatic nitrogens is 3. The Morgan fingerprint density at radius 1 is 1.64 bits per heavy atom. The zero-order valence-corrected chi connectivity index (χ0v) is 7.92. The maximum absolute atomic E-state index is 10.8. The first-order valence-corrected chi connectivity index (χ1v) is 4.06. The molecule has 0 fully saturated rings. The number of Topliss-reactive ketones (excluding diaryl/α,β-unsaturated/α-hetero) is 1. The lowest BCUT2D eigenvalue weighted by Gasteiger charge is -1.87. The highest BCUT2D eigenvalue weighted by Gasteiger charge is 2.10. The van der Waals surface area contributed by atoms with Crippen molar-refractivity contribution in [2.75, 3.05) is 0 Å². The van der Waals surface area contributed by atoms with Gasteiger partial charge in [-0.3, -0.25) is 4.79 Å². The minimum Gasteiger partial charge on any atom is -0.293 e. The van der Waals surface area contributed by atoms with Crippen LogP contribution in [0, 0.1) is 0 Å². The number of halogens is 1. The van der Waals surface area contributed by atoms with E-state index in [0.717, 1.165) is 0 Å². The van der Waals surface area contributed by atoms with Crippen molar-refractivity contribution in [1.29, 1.82) is 0 Å². The van der Waals surface area contributed by atoms with E-state index in [9.17, 15) is 4.79 Å². The first kappa shape index (κ1) is 8.39. The third-order valence-electron chi connectivity index (χ3n) is 1.23. The molecule has 1 aromatic rings. The van der Waals surface area contributed by atoms with Crippen molar-refractivity contribution in [3.63, 3.8) is 0 Å². The van der Waals surface area contributed by atoms with E-state index < -0.39 is 0 Å². The van der Waals surface area contributed by atoms with Crippen LogP contribution in [0.5, 0.6) is 0 Å². The molecule has 0 bridgehead atoms. The number of hydrogen-bond acceptors (Lipinski definition) is 3. The number of hydrogen-bond donors (Lipinski definition) is 0. The van der Waals surface area contributed by atoms with Crippen LogP contribution in [0.3, 0.4) is 0 Å². The summed E-state index contributed by atoms with van der Waals surface area (Å²) in [6, 6.07) is 0. The standard InChI is InChI=1S/C6H8BrN3O/c1-3-10-8-5(4(2)11)6(7)9-10/h3H2,1-2H3. The minimum atomic E-state index is -0.0726. The van der Waals surface area contributed by atoms with Gasteiger partial charge in [0.05, 0.1) is 6.54 Å². The van der Waals surface area contributed by atoms with Crippen LogP contribution in [0.15, 0.2) is 4.60 Å². The highest BCUT2D eigenvalue weighted by Crippen LogP contribution is 2.10.